The Morgan fingerprint density at radius 3 is 2.73 bits per heavy atom. The number of nitrogens with zero attached hydrogens (tertiary/aromatic N) is 1. The Hall–Kier alpha value is -0.840. The fourth-order valence-electron chi connectivity index (χ4n) is 1.75. The summed E-state index contributed by atoms with van der Waals surface area (Å²) < 4.78 is 10.6. The molecule has 0 aromatic carbocycles. The van der Waals surface area contributed by atoms with Crippen molar-refractivity contribution >= 4 is 0 Å². The molecule has 4 heteroatoms. The van der Waals surface area contributed by atoms with E-state index in [0.29, 0.717) is 12.3 Å². The van der Waals surface area contributed by atoms with Gasteiger partial charge in [0, 0.05) is 19.6 Å². The van der Waals surface area contributed by atoms with Crippen LogP contribution in [-0.4, -0.2) is 42.9 Å². The van der Waals surface area contributed by atoms with Gasteiger partial charge >= 0.3 is 0 Å². The van der Waals surface area contributed by atoms with Crippen molar-refractivity contribution in [3.63, 3.8) is 0 Å². The van der Waals surface area contributed by atoms with E-state index in [0.717, 1.165) is 32.1 Å². The molecule has 1 aliphatic heterocycles. The van der Waals surface area contributed by atoms with Crippen molar-refractivity contribution in [3.8, 4) is 0 Å². The van der Waals surface area contributed by atoms with Crippen LogP contribution in [0, 0.1) is 6.92 Å². The van der Waals surface area contributed by atoms with Crippen LogP contribution in [0.3, 0.4) is 0 Å². The molecule has 84 valence electrons. The minimum atomic E-state index is -0.531. The molecule has 1 aliphatic rings. The van der Waals surface area contributed by atoms with Gasteiger partial charge in [-0.05, 0) is 19.1 Å². The highest BCUT2D eigenvalue weighted by Crippen LogP contribution is 2.17. The first-order valence-corrected chi connectivity index (χ1v) is 5.30. The molecule has 2 heterocycles. The Morgan fingerprint density at radius 1 is 1.40 bits per heavy atom. The summed E-state index contributed by atoms with van der Waals surface area (Å²) in [5.74, 6) is 1.49. The molecule has 1 unspecified atom stereocenters. The van der Waals surface area contributed by atoms with E-state index >= 15 is 0 Å². The number of rotatable bonds is 3. The molecule has 0 radical (unpaired) electrons. The molecule has 0 spiro atoms. The summed E-state index contributed by atoms with van der Waals surface area (Å²) in [6.07, 6.45) is -0.531. The number of aliphatic hydroxyl groups excluding tert-OH is 1. The van der Waals surface area contributed by atoms with Gasteiger partial charge in [0.25, 0.3) is 0 Å². The zero-order chi connectivity index (χ0) is 10.7. The Morgan fingerprint density at radius 2 is 2.13 bits per heavy atom. The van der Waals surface area contributed by atoms with Gasteiger partial charge in [0.2, 0.25) is 0 Å². The second-order valence-electron chi connectivity index (χ2n) is 3.88. The Kier molecular flexibility index (Phi) is 3.41. The van der Waals surface area contributed by atoms with Crippen molar-refractivity contribution in [3.05, 3.63) is 23.7 Å². The normalized spacial score (nSPS) is 20.4. The summed E-state index contributed by atoms with van der Waals surface area (Å²) >= 11 is 0. The Labute approximate surface area is 89.4 Å². The zero-order valence-corrected chi connectivity index (χ0v) is 8.98. The van der Waals surface area contributed by atoms with Crippen LogP contribution in [0.4, 0.5) is 0 Å². The third-order valence-electron chi connectivity index (χ3n) is 2.62. The molecule has 0 saturated carbocycles. The third kappa shape index (κ3) is 2.81. The van der Waals surface area contributed by atoms with E-state index in [9.17, 15) is 5.11 Å². The minimum Gasteiger partial charge on any atom is -0.464 e. The number of hydrogen-bond donors (Lipinski definition) is 1. The number of hydrogen-bond acceptors (Lipinski definition) is 4. The highest BCUT2D eigenvalue weighted by Gasteiger charge is 2.18. The van der Waals surface area contributed by atoms with Gasteiger partial charge in [-0.15, -0.1) is 0 Å². The maximum atomic E-state index is 9.91. The summed E-state index contributed by atoms with van der Waals surface area (Å²) in [6, 6.07) is 3.71. The molecule has 1 N–H and O–H groups in total. The molecule has 1 fully saturated rings. The van der Waals surface area contributed by atoms with Gasteiger partial charge in [-0.3, -0.25) is 4.90 Å². The van der Waals surface area contributed by atoms with E-state index in [-0.39, 0.29) is 0 Å². The molecule has 1 saturated heterocycles. The van der Waals surface area contributed by atoms with E-state index in [1.54, 1.807) is 0 Å². The second kappa shape index (κ2) is 4.79. The third-order valence-corrected chi connectivity index (χ3v) is 2.62. The van der Waals surface area contributed by atoms with Gasteiger partial charge in [-0.1, -0.05) is 0 Å². The second-order valence-corrected chi connectivity index (χ2v) is 3.88. The van der Waals surface area contributed by atoms with Gasteiger partial charge in [0.1, 0.15) is 17.6 Å². The molecule has 1 aromatic rings. The van der Waals surface area contributed by atoms with Crippen LogP contribution in [0.25, 0.3) is 0 Å². The fourth-order valence-corrected chi connectivity index (χ4v) is 1.75. The molecule has 0 amide bonds. The van der Waals surface area contributed by atoms with Crippen LogP contribution in [0.2, 0.25) is 0 Å². The van der Waals surface area contributed by atoms with Gasteiger partial charge in [-0.25, -0.2) is 0 Å². The van der Waals surface area contributed by atoms with Crippen LogP contribution < -0.4 is 0 Å². The summed E-state index contributed by atoms with van der Waals surface area (Å²) in [6.45, 7) is 5.78. The first kappa shape index (κ1) is 10.7. The van der Waals surface area contributed by atoms with Crippen LogP contribution in [0.1, 0.15) is 17.6 Å². The molecule has 0 bridgehead atoms. The number of furan rings is 1. The molecule has 1 atom stereocenters. The maximum Gasteiger partial charge on any atom is 0.133 e. The largest absolute Gasteiger partial charge is 0.464 e. The average Bonchev–Trinajstić information content (AvgIpc) is 2.66. The lowest BCUT2D eigenvalue weighted by Crippen LogP contribution is -2.38. The first-order valence-electron chi connectivity index (χ1n) is 5.30. The quantitative estimate of drug-likeness (QED) is 0.808. The van der Waals surface area contributed by atoms with E-state index in [1.165, 1.54) is 0 Å². The van der Waals surface area contributed by atoms with Crippen molar-refractivity contribution in [2.75, 3.05) is 32.8 Å². The van der Waals surface area contributed by atoms with Crippen molar-refractivity contribution in [2.24, 2.45) is 0 Å². The van der Waals surface area contributed by atoms with E-state index in [4.69, 9.17) is 9.15 Å². The highest BCUT2D eigenvalue weighted by molar-refractivity contribution is 5.08. The number of ether oxygens (including phenoxy) is 1. The van der Waals surface area contributed by atoms with Crippen LogP contribution in [0.5, 0.6) is 0 Å². The molecular weight excluding hydrogens is 194 g/mol. The van der Waals surface area contributed by atoms with Gasteiger partial charge in [0.05, 0.1) is 13.2 Å². The number of morpholine rings is 1. The van der Waals surface area contributed by atoms with Crippen LogP contribution in [-0.2, 0) is 4.74 Å². The SMILES string of the molecule is Cc1ccc(C(O)CN2CCOCC2)o1. The summed E-state index contributed by atoms with van der Waals surface area (Å²) in [5, 5.41) is 9.91. The number of aryl methyl sites for hydroxylation is 1. The molecule has 2 rings (SSSR count). The van der Waals surface area contributed by atoms with E-state index in [2.05, 4.69) is 4.90 Å². The highest BCUT2D eigenvalue weighted by atomic mass is 16.5. The van der Waals surface area contributed by atoms with E-state index < -0.39 is 6.10 Å². The number of aliphatic hydroxyl groups is 1. The monoisotopic (exact) mass is 211 g/mol. The van der Waals surface area contributed by atoms with Crippen molar-refractivity contribution in [1.29, 1.82) is 0 Å². The maximum absolute atomic E-state index is 9.91. The number of β-amino-alcohol motifs (C(OH)–C–C–N with tert-alkyl or cyclic N) is 1. The smallest absolute Gasteiger partial charge is 0.133 e. The lowest BCUT2D eigenvalue weighted by atomic mass is 10.2. The topological polar surface area (TPSA) is 45.8 Å². The molecule has 0 aliphatic carbocycles. The molecule has 4 nitrogen and oxygen atoms in total. The first-order chi connectivity index (χ1) is 7.25. The zero-order valence-electron chi connectivity index (χ0n) is 8.98. The van der Waals surface area contributed by atoms with Crippen LogP contribution >= 0.6 is 0 Å². The summed E-state index contributed by atoms with van der Waals surface area (Å²) in [5.41, 5.74) is 0. The van der Waals surface area contributed by atoms with Gasteiger partial charge in [0.15, 0.2) is 0 Å². The molecular formula is C11H17NO3. The average molecular weight is 211 g/mol. The van der Waals surface area contributed by atoms with Crippen molar-refractivity contribution in [1.82, 2.24) is 4.90 Å². The lowest BCUT2D eigenvalue weighted by Gasteiger charge is -2.27. The van der Waals surface area contributed by atoms with E-state index in [1.807, 2.05) is 19.1 Å². The lowest BCUT2D eigenvalue weighted by molar-refractivity contribution is 0.00995. The standard InChI is InChI=1S/C11H17NO3/c1-9-2-3-11(15-9)10(13)8-12-4-6-14-7-5-12/h2-3,10,13H,4-8H2,1H3. The summed E-state index contributed by atoms with van der Waals surface area (Å²) in [7, 11) is 0. The fraction of sp³-hybridized carbons (Fsp3) is 0.636. The Bertz CT molecular complexity index is 305. The predicted molar refractivity (Wildman–Crippen MR) is 55.7 cm³/mol. The molecule has 15 heavy (non-hydrogen) atoms. The van der Waals surface area contributed by atoms with Gasteiger partial charge < -0.3 is 14.3 Å². The van der Waals surface area contributed by atoms with Crippen molar-refractivity contribution in [2.45, 2.75) is 13.0 Å². The minimum absolute atomic E-state index is 0.531. The predicted octanol–water partition coefficient (Wildman–Crippen LogP) is 0.954. The van der Waals surface area contributed by atoms with Gasteiger partial charge in [-0.2, -0.15) is 0 Å². The van der Waals surface area contributed by atoms with Crippen LogP contribution in [0.15, 0.2) is 16.5 Å². The molecule has 1 aromatic heterocycles. The summed E-state index contributed by atoms with van der Waals surface area (Å²) in [4.78, 5) is 2.19. The Balaban J connectivity index is 1.88. The van der Waals surface area contributed by atoms with Crippen molar-refractivity contribution < 1.29 is 14.3 Å².